The second kappa shape index (κ2) is 3.93. The Bertz CT molecular complexity index is 274. The Morgan fingerprint density at radius 3 is 2.54 bits per heavy atom. The van der Waals surface area contributed by atoms with Crippen LogP contribution in [0.25, 0.3) is 0 Å². The molecule has 1 saturated carbocycles. The normalized spacial score (nSPS) is 17.9. The van der Waals surface area contributed by atoms with Gasteiger partial charge in [-0.05, 0) is 29.9 Å². The van der Waals surface area contributed by atoms with E-state index in [1.165, 1.54) is 36.8 Å². The van der Waals surface area contributed by atoms with Gasteiger partial charge in [0.2, 0.25) is 0 Å². The van der Waals surface area contributed by atoms with Crippen molar-refractivity contribution in [2.75, 3.05) is 0 Å². The molecule has 0 aromatic heterocycles. The van der Waals surface area contributed by atoms with Gasteiger partial charge >= 0.3 is 0 Å². The molecule has 1 heteroatoms. The Labute approximate surface area is 80.0 Å². The Balaban J connectivity index is 2.26. The van der Waals surface area contributed by atoms with Crippen LogP contribution in [0, 0.1) is 0 Å². The summed E-state index contributed by atoms with van der Waals surface area (Å²) in [5.74, 6) is 0.791. The molecule has 0 bridgehead atoms. The highest BCUT2D eigenvalue weighted by Gasteiger charge is 2.18. The van der Waals surface area contributed by atoms with Gasteiger partial charge in [-0.1, -0.05) is 37.1 Å². The number of benzene rings is 1. The van der Waals surface area contributed by atoms with Crippen molar-refractivity contribution >= 4 is 0 Å². The van der Waals surface area contributed by atoms with E-state index < -0.39 is 0 Å². The van der Waals surface area contributed by atoms with Crippen LogP contribution < -0.4 is 5.73 Å². The molecule has 0 spiro atoms. The van der Waals surface area contributed by atoms with Gasteiger partial charge in [-0.2, -0.15) is 0 Å². The van der Waals surface area contributed by atoms with Crippen molar-refractivity contribution in [3.63, 3.8) is 0 Å². The van der Waals surface area contributed by atoms with E-state index in [1.54, 1.807) is 0 Å². The predicted octanol–water partition coefficient (Wildman–Crippen LogP) is 2.80. The highest BCUT2D eigenvalue weighted by molar-refractivity contribution is 5.30. The van der Waals surface area contributed by atoms with E-state index in [0.717, 1.165) is 5.92 Å². The number of nitrogens with two attached hydrogens (primary N) is 1. The van der Waals surface area contributed by atoms with Gasteiger partial charge in [-0.15, -0.1) is 0 Å². The number of hydrogen-bond donors (Lipinski definition) is 1. The van der Waals surface area contributed by atoms with Gasteiger partial charge in [-0.3, -0.25) is 0 Å². The molecule has 1 aliphatic carbocycles. The van der Waals surface area contributed by atoms with Gasteiger partial charge in [0, 0.05) is 6.54 Å². The van der Waals surface area contributed by atoms with Crippen molar-refractivity contribution in [1.29, 1.82) is 0 Å². The molecule has 1 fully saturated rings. The van der Waals surface area contributed by atoms with Crippen LogP contribution in [0.15, 0.2) is 24.3 Å². The van der Waals surface area contributed by atoms with Crippen LogP contribution in [0.2, 0.25) is 0 Å². The van der Waals surface area contributed by atoms with Crippen molar-refractivity contribution < 1.29 is 0 Å². The summed E-state index contributed by atoms with van der Waals surface area (Å²) in [5.41, 5.74) is 8.56. The van der Waals surface area contributed by atoms with Crippen LogP contribution in [0.5, 0.6) is 0 Å². The first-order valence-electron chi connectivity index (χ1n) is 5.19. The standard InChI is InChI=1S/C12H17N/c13-9-11-7-3-4-8-12(11)10-5-1-2-6-10/h3-4,7-8,10H,1-2,5-6,9,13H2. The fraction of sp³-hybridized carbons (Fsp3) is 0.500. The maximum Gasteiger partial charge on any atom is 0.0180 e. The molecule has 0 unspecified atom stereocenters. The Morgan fingerprint density at radius 2 is 1.85 bits per heavy atom. The lowest BCUT2D eigenvalue weighted by Crippen LogP contribution is -2.03. The van der Waals surface area contributed by atoms with Crippen LogP contribution in [0.4, 0.5) is 0 Å². The minimum atomic E-state index is 0.687. The molecule has 13 heavy (non-hydrogen) atoms. The zero-order valence-corrected chi connectivity index (χ0v) is 8.00. The summed E-state index contributed by atoms with van der Waals surface area (Å²) in [6.07, 6.45) is 5.50. The molecule has 0 radical (unpaired) electrons. The third-order valence-corrected chi connectivity index (χ3v) is 3.07. The molecular formula is C12H17N. The summed E-state index contributed by atoms with van der Waals surface area (Å²) in [5, 5.41) is 0. The monoisotopic (exact) mass is 175 g/mol. The summed E-state index contributed by atoms with van der Waals surface area (Å²) in [6.45, 7) is 0.687. The minimum absolute atomic E-state index is 0.687. The quantitative estimate of drug-likeness (QED) is 0.735. The number of hydrogen-bond acceptors (Lipinski definition) is 1. The molecule has 0 aliphatic heterocycles. The largest absolute Gasteiger partial charge is 0.326 e. The van der Waals surface area contributed by atoms with Gasteiger partial charge < -0.3 is 5.73 Å². The van der Waals surface area contributed by atoms with Gasteiger partial charge in [0.15, 0.2) is 0 Å². The smallest absolute Gasteiger partial charge is 0.0180 e. The zero-order chi connectivity index (χ0) is 9.10. The molecule has 0 atom stereocenters. The zero-order valence-electron chi connectivity index (χ0n) is 8.00. The lowest BCUT2D eigenvalue weighted by atomic mass is 9.93. The molecule has 2 N–H and O–H groups in total. The lowest BCUT2D eigenvalue weighted by Gasteiger charge is -2.13. The topological polar surface area (TPSA) is 26.0 Å². The summed E-state index contributed by atoms with van der Waals surface area (Å²) < 4.78 is 0. The molecule has 0 saturated heterocycles. The van der Waals surface area contributed by atoms with E-state index in [9.17, 15) is 0 Å². The van der Waals surface area contributed by atoms with E-state index in [1.807, 2.05) is 0 Å². The van der Waals surface area contributed by atoms with Crippen molar-refractivity contribution in [1.82, 2.24) is 0 Å². The highest BCUT2D eigenvalue weighted by atomic mass is 14.5. The summed E-state index contributed by atoms with van der Waals surface area (Å²) >= 11 is 0. The van der Waals surface area contributed by atoms with E-state index in [-0.39, 0.29) is 0 Å². The first kappa shape index (κ1) is 8.76. The van der Waals surface area contributed by atoms with Crippen molar-refractivity contribution in [3.8, 4) is 0 Å². The maximum atomic E-state index is 5.72. The van der Waals surface area contributed by atoms with Crippen LogP contribution >= 0.6 is 0 Å². The fourth-order valence-electron chi connectivity index (χ4n) is 2.36. The first-order valence-corrected chi connectivity index (χ1v) is 5.19. The van der Waals surface area contributed by atoms with E-state index in [2.05, 4.69) is 24.3 Å². The molecular weight excluding hydrogens is 158 g/mol. The maximum absolute atomic E-state index is 5.72. The van der Waals surface area contributed by atoms with Crippen molar-refractivity contribution in [3.05, 3.63) is 35.4 Å². The van der Waals surface area contributed by atoms with E-state index in [0.29, 0.717) is 6.54 Å². The summed E-state index contributed by atoms with van der Waals surface area (Å²) in [6, 6.07) is 8.62. The summed E-state index contributed by atoms with van der Waals surface area (Å²) in [7, 11) is 0. The SMILES string of the molecule is NCc1ccccc1C1CCCC1. The predicted molar refractivity (Wildman–Crippen MR) is 55.5 cm³/mol. The van der Waals surface area contributed by atoms with Crippen LogP contribution in [0.3, 0.4) is 0 Å². The molecule has 0 heterocycles. The summed E-state index contributed by atoms with van der Waals surface area (Å²) in [4.78, 5) is 0. The van der Waals surface area contributed by atoms with Gasteiger partial charge in [-0.25, -0.2) is 0 Å². The first-order chi connectivity index (χ1) is 6.42. The van der Waals surface area contributed by atoms with E-state index in [4.69, 9.17) is 5.73 Å². The van der Waals surface area contributed by atoms with E-state index >= 15 is 0 Å². The third-order valence-electron chi connectivity index (χ3n) is 3.07. The van der Waals surface area contributed by atoms with Gasteiger partial charge in [0.05, 0.1) is 0 Å². The molecule has 70 valence electrons. The molecule has 2 rings (SSSR count). The molecule has 1 nitrogen and oxygen atoms in total. The van der Waals surface area contributed by atoms with Crippen molar-refractivity contribution in [2.24, 2.45) is 5.73 Å². The van der Waals surface area contributed by atoms with Gasteiger partial charge in [0.1, 0.15) is 0 Å². The third kappa shape index (κ3) is 1.75. The second-order valence-corrected chi connectivity index (χ2v) is 3.88. The molecule has 1 aliphatic rings. The molecule has 1 aromatic carbocycles. The van der Waals surface area contributed by atoms with Gasteiger partial charge in [0.25, 0.3) is 0 Å². The Hall–Kier alpha value is -0.820. The highest BCUT2D eigenvalue weighted by Crippen LogP contribution is 2.35. The minimum Gasteiger partial charge on any atom is -0.326 e. The fourth-order valence-corrected chi connectivity index (χ4v) is 2.36. The van der Waals surface area contributed by atoms with Crippen LogP contribution in [-0.4, -0.2) is 0 Å². The second-order valence-electron chi connectivity index (χ2n) is 3.88. The average molecular weight is 175 g/mol. The average Bonchev–Trinajstić information content (AvgIpc) is 2.70. The van der Waals surface area contributed by atoms with Crippen molar-refractivity contribution in [2.45, 2.75) is 38.1 Å². The Morgan fingerprint density at radius 1 is 1.15 bits per heavy atom. The number of rotatable bonds is 2. The van der Waals surface area contributed by atoms with Crippen LogP contribution in [0.1, 0.15) is 42.7 Å². The molecule has 0 amide bonds. The van der Waals surface area contributed by atoms with Crippen LogP contribution in [-0.2, 0) is 6.54 Å². The molecule has 1 aromatic rings. The Kier molecular flexibility index (Phi) is 2.65. The lowest BCUT2D eigenvalue weighted by molar-refractivity contribution is 0.712.